The average Bonchev–Trinajstić information content (AvgIpc) is 2.99. The van der Waals surface area contributed by atoms with Gasteiger partial charge in [-0.05, 0) is 19.4 Å². The van der Waals surface area contributed by atoms with E-state index < -0.39 is 11.9 Å². The molecule has 1 unspecified atom stereocenters. The first-order valence-electron chi connectivity index (χ1n) is 9.17. The maximum Gasteiger partial charge on any atom is 0.328 e. The Morgan fingerprint density at radius 2 is 1.72 bits per heavy atom. The highest BCUT2D eigenvalue weighted by Crippen LogP contribution is 2.19. The lowest BCUT2D eigenvalue weighted by molar-refractivity contribution is -0.134. The molecule has 0 radical (unpaired) electrons. The van der Waals surface area contributed by atoms with E-state index in [9.17, 15) is 19.2 Å². The summed E-state index contributed by atoms with van der Waals surface area (Å²) in [5.41, 5.74) is 1.14. The zero-order valence-electron chi connectivity index (χ0n) is 16.5. The van der Waals surface area contributed by atoms with Crippen molar-refractivity contribution in [3.8, 4) is 0 Å². The summed E-state index contributed by atoms with van der Waals surface area (Å²) in [6.07, 6.45) is 1.62. The van der Waals surface area contributed by atoms with Crippen molar-refractivity contribution in [3.05, 3.63) is 48.0 Å². The third kappa shape index (κ3) is 10.5. The summed E-state index contributed by atoms with van der Waals surface area (Å²) >= 11 is 0. The van der Waals surface area contributed by atoms with Crippen molar-refractivity contribution in [1.29, 1.82) is 0 Å². The van der Waals surface area contributed by atoms with E-state index >= 15 is 0 Å². The molecule has 4 N–H and O–H groups in total. The van der Waals surface area contributed by atoms with Gasteiger partial charge in [-0.1, -0.05) is 30.3 Å². The van der Waals surface area contributed by atoms with E-state index in [1.54, 1.807) is 0 Å². The molecule has 1 saturated heterocycles. The second-order valence-electron chi connectivity index (χ2n) is 6.85. The van der Waals surface area contributed by atoms with Crippen LogP contribution in [0.1, 0.15) is 25.8 Å². The molecule has 9 heteroatoms. The molecule has 1 aliphatic rings. The van der Waals surface area contributed by atoms with Crippen molar-refractivity contribution in [2.45, 2.75) is 32.9 Å². The van der Waals surface area contributed by atoms with Gasteiger partial charge in [0.2, 0.25) is 5.91 Å². The Balaban J connectivity index is 0.000000447. The Morgan fingerprint density at radius 1 is 1.14 bits per heavy atom. The largest absolute Gasteiger partial charge is 0.478 e. The van der Waals surface area contributed by atoms with Gasteiger partial charge in [0.1, 0.15) is 0 Å². The predicted octanol–water partition coefficient (Wildman–Crippen LogP) is 1.45. The quantitative estimate of drug-likeness (QED) is 0.507. The first-order chi connectivity index (χ1) is 13.7. The van der Waals surface area contributed by atoms with E-state index in [0.717, 1.165) is 5.56 Å². The standard InChI is InChI=1S/C16H23N3O2.C4H4O4/c1-12(2)18-16(21)17-9-14-8-15(20)19(11-14)10-13-6-4-3-5-7-13;5-3(6)1-2-4(7)8/h3-7,12,14H,8-11H2,1-2H3,(H2,17,18,21);1-2H,(H,5,6)(H,7,8)/b;2-1+. The van der Waals surface area contributed by atoms with Crippen LogP contribution in [0.3, 0.4) is 0 Å². The van der Waals surface area contributed by atoms with Gasteiger partial charge in [-0.25, -0.2) is 14.4 Å². The van der Waals surface area contributed by atoms with Crippen LogP contribution in [0.15, 0.2) is 42.5 Å². The number of nitrogens with zero attached hydrogens (tertiary/aromatic N) is 1. The molecule has 1 heterocycles. The first-order valence-corrected chi connectivity index (χ1v) is 9.17. The van der Waals surface area contributed by atoms with Crippen molar-refractivity contribution in [3.63, 3.8) is 0 Å². The van der Waals surface area contributed by atoms with Crippen molar-refractivity contribution in [1.82, 2.24) is 15.5 Å². The molecule has 0 aliphatic carbocycles. The van der Waals surface area contributed by atoms with E-state index in [4.69, 9.17) is 10.2 Å². The molecule has 1 aliphatic heterocycles. The minimum atomic E-state index is -1.26. The van der Waals surface area contributed by atoms with Gasteiger partial charge in [0, 0.05) is 50.2 Å². The highest BCUT2D eigenvalue weighted by Gasteiger charge is 2.29. The normalized spacial score (nSPS) is 15.8. The summed E-state index contributed by atoms with van der Waals surface area (Å²) in [5.74, 6) is -2.16. The Labute approximate surface area is 169 Å². The van der Waals surface area contributed by atoms with Crippen LogP contribution in [-0.2, 0) is 20.9 Å². The van der Waals surface area contributed by atoms with Crippen LogP contribution in [-0.4, -0.2) is 58.1 Å². The number of carboxylic acid groups (broad SMARTS) is 2. The minimum Gasteiger partial charge on any atom is -0.478 e. The Morgan fingerprint density at radius 3 is 2.24 bits per heavy atom. The molecule has 1 aromatic carbocycles. The van der Waals surface area contributed by atoms with Gasteiger partial charge >= 0.3 is 18.0 Å². The van der Waals surface area contributed by atoms with Crippen molar-refractivity contribution in [2.24, 2.45) is 5.92 Å². The van der Waals surface area contributed by atoms with E-state index in [0.29, 0.717) is 38.2 Å². The topological polar surface area (TPSA) is 136 Å². The molecule has 9 nitrogen and oxygen atoms in total. The zero-order chi connectivity index (χ0) is 21.8. The number of hydrogen-bond acceptors (Lipinski definition) is 4. The molecule has 158 valence electrons. The highest BCUT2D eigenvalue weighted by molar-refractivity contribution is 5.89. The monoisotopic (exact) mass is 405 g/mol. The van der Waals surface area contributed by atoms with Crippen LogP contribution in [0.5, 0.6) is 0 Å². The molecular weight excluding hydrogens is 378 g/mol. The fourth-order valence-corrected chi connectivity index (χ4v) is 2.64. The van der Waals surface area contributed by atoms with Crippen LogP contribution in [0.2, 0.25) is 0 Å². The van der Waals surface area contributed by atoms with Gasteiger partial charge < -0.3 is 25.7 Å². The summed E-state index contributed by atoms with van der Waals surface area (Å²) in [7, 11) is 0. The Kier molecular flexibility index (Phi) is 9.94. The molecule has 1 aromatic rings. The maximum absolute atomic E-state index is 12.0. The lowest BCUT2D eigenvalue weighted by atomic mass is 10.1. The molecule has 3 amide bonds. The predicted molar refractivity (Wildman–Crippen MR) is 106 cm³/mol. The summed E-state index contributed by atoms with van der Waals surface area (Å²) in [5, 5.41) is 21.2. The summed E-state index contributed by atoms with van der Waals surface area (Å²) < 4.78 is 0. The second kappa shape index (κ2) is 12.2. The van der Waals surface area contributed by atoms with E-state index in [-0.39, 0.29) is 23.9 Å². The average molecular weight is 405 g/mol. The zero-order valence-corrected chi connectivity index (χ0v) is 16.5. The molecule has 1 fully saturated rings. The van der Waals surface area contributed by atoms with Crippen molar-refractivity contribution < 1.29 is 29.4 Å². The van der Waals surface area contributed by atoms with Crippen molar-refractivity contribution in [2.75, 3.05) is 13.1 Å². The van der Waals surface area contributed by atoms with Crippen LogP contribution >= 0.6 is 0 Å². The van der Waals surface area contributed by atoms with Crippen LogP contribution in [0.25, 0.3) is 0 Å². The number of benzene rings is 1. The molecule has 0 bridgehead atoms. The number of aliphatic carboxylic acids is 2. The number of urea groups is 1. The number of carboxylic acids is 2. The summed E-state index contributed by atoms with van der Waals surface area (Å²) in [6, 6.07) is 9.92. The third-order valence-electron chi connectivity index (χ3n) is 3.85. The number of amides is 3. The summed E-state index contributed by atoms with van der Waals surface area (Å²) in [6.45, 7) is 5.72. The highest BCUT2D eigenvalue weighted by atomic mass is 16.4. The number of carbonyl (C=O) groups is 4. The van der Waals surface area contributed by atoms with Gasteiger partial charge in [-0.15, -0.1) is 0 Å². The number of hydrogen-bond donors (Lipinski definition) is 4. The SMILES string of the molecule is CC(C)NC(=O)NCC1CC(=O)N(Cc2ccccc2)C1.O=C(O)/C=C/C(=O)O. The van der Waals surface area contributed by atoms with E-state index in [1.165, 1.54) is 0 Å². The number of likely N-dealkylation sites (tertiary alicyclic amines) is 1. The molecule has 2 rings (SSSR count). The second-order valence-corrected chi connectivity index (χ2v) is 6.85. The van der Waals surface area contributed by atoms with Gasteiger partial charge in [0.15, 0.2) is 0 Å². The molecule has 0 spiro atoms. The number of rotatable bonds is 7. The number of nitrogens with one attached hydrogen (secondary N) is 2. The van der Waals surface area contributed by atoms with Crippen LogP contribution < -0.4 is 10.6 Å². The Bertz CT molecular complexity index is 717. The fourth-order valence-electron chi connectivity index (χ4n) is 2.64. The Hall–Kier alpha value is -3.36. The summed E-state index contributed by atoms with van der Waals surface area (Å²) in [4.78, 5) is 44.5. The maximum atomic E-state index is 12.0. The third-order valence-corrected chi connectivity index (χ3v) is 3.85. The van der Waals surface area contributed by atoms with E-state index in [2.05, 4.69) is 10.6 Å². The first kappa shape index (κ1) is 23.7. The van der Waals surface area contributed by atoms with Crippen LogP contribution in [0, 0.1) is 5.92 Å². The minimum absolute atomic E-state index is 0.116. The van der Waals surface area contributed by atoms with Crippen molar-refractivity contribution >= 4 is 23.9 Å². The molecular formula is C20H27N3O6. The molecule has 1 atom stereocenters. The smallest absolute Gasteiger partial charge is 0.328 e. The van der Waals surface area contributed by atoms with E-state index in [1.807, 2.05) is 49.1 Å². The molecule has 0 saturated carbocycles. The molecule has 0 aromatic heterocycles. The lowest BCUT2D eigenvalue weighted by Crippen LogP contribution is -2.41. The van der Waals surface area contributed by atoms with Gasteiger partial charge in [-0.2, -0.15) is 0 Å². The number of carbonyl (C=O) groups excluding carboxylic acids is 2. The van der Waals surface area contributed by atoms with Crippen LogP contribution in [0.4, 0.5) is 4.79 Å². The lowest BCUT2D eigenvalue weighted by Gasteiger charge is -2.17. The van der Waals surface area contributed by atoms with Gasteiger partial charge in [0.25, 0.3) is 0 Å². The fraction of sp³-hybridized carbons (Fsp3) is 0.400. The van der Waals surface area contributed by atoms with Gasteiger partial charge in [0.05, 0.1) is 0 Å². The van der Waals surface area contributed by atoms with Gasteiger partial charge in [-0.3, -0.25) is 4.79 Å². The molecule has 29 heavy (non-hydrogen) atoms.